The van der Waals surface area contributed by atoms with Crippen LogP contribution in [0, 0.1) is 0 Å². The highest BCUT2D eigenvalue weighted by Gasteiger charge is 2.27. The number of hydrogen-bond acceptors (Lipinski definition) is 8. The molecular weight excluding hydrogens is 741 g/mol. The maximum absolute atomic E-state index is 12.7. The summed E-state index contributed by atoms with van der Waals surface area (Å²) in [6.07, 6.45) is 43.8. The Hall–Kier alpha value is -2.85. The molecule has 0 bridgehead atoms. The lowest BCUT2D eigenvalue weighted by atomic mass is 10.1. The average molecular weight is 821 g/mol. The lowest BCUT2D eigenvalue weighted by Crippen LogP contribution is -2.37. The van der Waals surface area contributed by atoms with Gasteiger partial charge in [0.05, 0.1) is 33.9 Å². The number of rotatable bonds is 37. The molecule has 0 aromatic carbocycles. The Balaban J connectivity index is 4.64. The minimum absolute atomic E-state index is 0.00615. The number of phosphoric acid groups is 1. The lowest BCUT2D eigenvalue weighted by molar-refractivity contribution is -0.870. The van der Waals surface area contributed by atoms with Gasteiger partial charge in [-0.25, -0.2) is 4.57 Å². The summed E-state index contributed by atoms with van der Waals surface area (Å²) in [7, 11) is 1.35. The Bertz CT molecular complexity index is 1260. The number of quaternary nitrogens is 1. The number of carbonyl (C=O) groups is 2. The smallest absolute Gasteiger partial charge is 0.462 e. The van der Waals surface area contributed by atoms with E-state index in [1.54, 1.807) is 18.2 Å². The van der Waals surface area contributed by atoms with Gasteiger partial charge >= 0.3 is 19.8 Å². The van der Waals surface area contributed by atoms with Gasteiger partial charge in [-0.05, 0) is 70.6 Å². The molecule has 0 aromatic rings. The van der Waals surface area contributed by atoms with Gasteiger partial charge in [-0.3, -0.25) is 18.6 Å². The summed E-state index contributed by atoms with van der Waals surface area (Å²) in [5, 5.41) is 10.2. The van der Waals surface area contributed by atoms with Crippen molar-refractivity contribution in [2.24, 2.45) is 0 Å². The van der Waals surface area contributed by atoms with E-state index in [4.69, 9.17) is 18.5 Å². The first-order valence-electron chi connectivity index (χ1n) is 21.4. The summed E-state index contributed by atoms with van der Waals surface area (Å²) in [4.78, 5) is 35.3. The quantitative estimate of drug-likeness (QED) is 0.0157. The first kappa shape index (κ1) is 54.2. The predicted molar refractivity (Wildman–Crippen MR) is 235 cm³/mol. The first-order valence-corrected chi connectivity index (χ1v) is 22.9. The molecule has 0 heterocycles. The average Bonchev–Trinajstić information content (AvgIpc) is 3.15. The molecule has 0 saturated carbocycles. The molecule has 326 valence electrons. The number of allylic oxidation sites excluding steroid dienone is 12. The van der Waals surface area contributed by atoms with Crippen LogP contribution in [0.2, 0.25) is 0 Å². The zero-order valence-corrected chi connectivity index (χ0v) is 37.0. The van der Waals surface area contributed by atoms with Crippen molar-refractivity contribution in [2.75, 3.05) is 47.5 Å². The molecule has 10 nitrogen and oxygen atoms in total. The zero-order chi connectivity index (χ0) is 42.3. The van der Waals surface area contributed by atoms with Gasteiger partial charge in [-0.15, -0.1) is 0 Å². The van der Waals surface area contributed by atoms with Gasteiger partial charge in [0, 0.05) is 12.8 Å². The third-order valence-electron chi connectivity index (χ3n) is 8.50. The number of unbranched alkanes of at least 4 members (excludes halogenated alkanes) is 9. The summed E-state index contributed by atoms with van der Waals surface area (Å²) < 4.78 is 34.1. The van der Waals surface area contributed by atoms with E-state index in [1.165, 1.54) is 25.7 Å². The third-order valence-corrected chi connectivity index (χ3v) is 9.49. The largest absolute Gasteiger partial charge is 0.472 e. The Morgan fingerprint density at radius 2 is 1.25 bits per heavy atom. The summed E-state index contributed by atoms with van der Waals surface area (Å²) in [6, 6.07) is 0. The number of phosphoric ester groups is 1. The molecule has 57 heavy (non-hydrogen) atoms. The normalized spacial score (nSPS) is 15.0. The number of esters is 2. The monoisotopic (exact) mass is 821 g/mol. The molecule has 0 spiro atoms. The van der Waals surface area contributed by atoms with E-state index in [0.717, 1.165) is 64.2 Å². The fourth-order valence-electron chi connectivity index (χ4n) is 5.12. The minimum atomic E-state index is -4.43. The van der Waals surface area contributed by atoms with Crippen LogP contribution >= 0.6 is 7.82 Å². The molecule has 11 heteroatoms. The number of nitrogens with zero attached hydrogens (tertiary/aromatic N) is 1. The molecule has 3 atom stereocenters. The molecule has 0 rings (SSSR count). The summed E-state index contributed by atoms with van der Waals surface area (Å²) in [5.74, 6) is -1.000. The second-order valence-corrected chi connectivity index (χ2v) is 16.6. The van der Waals surface area contributed by atoms with Crippen LogP contribution in [0.4, 0.5) is 0 Å². The van der Waals surface area contributed by atoms with Crippen LogP contribution in [-0.4, -0.2) is 86.1 Å². The summed E-state index contributed by atoms with van der Waals surface area (Å²) >= 11 is 0. The van der Waals surface area contributed by atoms with Gasteiger partial charge < -0.3 is 24.0 Å². The number of aliphatic hydroxyl groups excluding tert-OH is 1. The van der Waals surface area contributed by atoms with Crippen molar-refractivity contribution in [3.8, 4) is 0 Å². The molecule has 0 aliphatic carbocycles. The minimum Gasteiger partial charge on any atom is -0.462 e. The molecular formula is C46H79NO9P+. The summed E-state index contributed by atoms with van der Waals surface area (Å²) in [6.45, 7) is 4.04. The number of carbonyl (C=O) groups excluding carboxylic acids is 2. The van der Waals surface area contributed by atoms with Gasteiger partial charge in [0.2, 0.25) is 0 Å². The van der Waals surface area contributed by atoms with Crippen LogP contribution in [0.1, 0.15) is 136 Å². The molecule has 0 aromatic heterocycles. The van der Waals surface area contributed by atoms with Crippen molar-refractivity contribution in [1.82, 2.24) is 0 Å². The van der Waals surface area contributed by atoms with Crippen molar-refractivity contribution < 1.29 is 47.2 Å². The standard InChI is InChI=1S/C46H78NO9P/c1-6-8-10-12-14-16-18-20-22-24-26-28-31-35-43(48)36-32-30-34-38-46(50)56-44(42-55-57(51,52)54-40-39-47(3,4)5)41-53-45(49)37-33-29-27-25-23-21-19-17-15-13-11-9-7-2/h8,10,14,16-17,19-20,22,26,28,30-32,35,43-44,48H,6-7,9,11-13,15,18,21,23-25,27,29,33-34,36-42H2,1-5H3/p+1/b10-8-,16-14-,19-17-,22-20-,28-26-,32-30-,35-31-/t43?,44-/m1/s1. The van der Waals surface area contributed by atoms with E-state index in [9.17, 15) is 24.2 Å². The van der Waals surface area contributed by atoms with E-state index >= 15 is 0 Å². The van der Waals surface area contributed by atoms with E-state index in [2.05, 4.69) is 62.5 Å². The van der Waals surface area contributed by atoms with Crippen molar-refractivity contribution >= 4 is 19.8 Å². The Morgan fingerprint density at radius 3 is 1.89 bits per heavy atom. The molecule has 0 fully saturated rings. The van der Waals surface area contributed by atoms with E-state index in [-0.39, 0.29) is 26.1 Å². The molecule has 0 aliphatic rings. The van der Waals surface area contributed by atoms with E-state index < -0.39 is 38.6 Å². The maximum Gasteiger partial charge on any atom is 0.472 e. The molecule has 0 amide bonds. The third kappa shape index (κ3) is 41.1. The van der Waals surface area contributed by atoms with Gasteiger partial charge in [0.1, 0.15) is 19.8 Å². The maximum atomic E-state index is 12.7. The van der Waals surface area contributed by atoms with E-state index in [0.29, 0.717) is 30.3 Å². The summed E-state index contributed by atoms with van der Waals surface area (Å²) in [5.41, 5.74) is 0. The van der Waals surface area contributed by atoms with Crippen molar-refractivity contribution in [2.45, 2.75) is 148 Å². The Labute approximate surface area is 346 Å². The number of aliphatic hydroxyl groups is 1. The van der Waals surface area contributed by atoms with Crippen LogP contribution in [0.25, 0.3) is 0 Å². The number of ether oxygens (including phenoxy) is 2. The van der Waals surface area contributed by atoms with Gasteiger partial charge in [-0.1, -0.05) is 137 Å². The second-order valence-electron chi connectivity index (χ2n) is 15.2. The molecule has 2 unspecified atom stereocenters. The second kappa shape index (κ2) is 37.4. The van der Waals surface area contributed by atoms with Crippen molar-refractivity contribution in [3.63, 3.8) is 0 Å². The highest BCUT2D eigenvalue weighted by atomic mass is 31.2. The first-order chi connectivity index (χ1) is 27.4. The number of hydrogen-bond donors (Lipinski definition) is 2. The highest BCUT2D eigenvalue weighted by Crippen LogP contribution is 2.43. The lowest BCUT2D eigenvalue weighted by Gasteiger charge is -2.24. The predicted octanol–water partition coefficient (Wildman–Crippen LogP) is 11.0. The zero-order valence-electron chi connectivity index (χ0n) is 36.1. The van der Waals surface area contributed by atoms with Crippen LogP contribution < -0.4 is 0 Å². The molecule has 0 aliphatic heterocycles. The Kier molecular flexibility index (Phi) is 35.6. The molecule has 2 N–H and O–H groups in total. The van der Waals surface area contributed by atoms with Gasteiger partial charge in [0.25, 0.3) is 0 Å². The SMILES string of the molecule is CC/C=C\C/C=C\C/C=C\C/C=C\C=C/C(O)C/C=C\CCC(=O)O[C@H](COC(=O)CCCCCCC/C=C\CCCCCC)COP(=O)(O)OCC[N+](C)(C)C. The van der Waals surface area contributed by atoms with Crippen molar-refractivity contribution in [3.05, 3.63) is 85.1 Å². The van der Waals surface area contributed by atoms with Crippen LogP contribution in [0.15, 0.2) is 85.1 Å². The number of likely N-dealkylation sites (N-methyl/N-ethyl adjacent to an activating group) is 1. The highest BCUT2D eigenvalue weighted by molar-refractivity contribution is 7.47. The fourth-order valence-corrected chi connectivity index (χ4v) is 5.86. The van der Waals surface area contributed by atoms with E-state index in [1.807, 2.05) is 39.4 Å². The van der Waals surface area contributed by atoms with Crippen molar-refractivity contribution in [1.29, 1.82) is 0 Å². The van der Waals surface area contributed by atoms with Crippen LogP contribution in [-0.2, 0) is 32.7 Å². The van der Waals surface area contributed by atoms with Crippen LogP contribution in [0.5, 0.6) is 0 Å². The fraction of sp³-hybridized carbons (Fsp3) is 0.652. The molecule has 0 saturated heterocycles. The Morgan fingerprint density at radius 1 is 0.649 bits per heavy atom. The molecule has 0 radical (unpaired) electrons. The van der Waals surface area contributed by atoms with Gasteiger partial charge in [0.15, 0.2) is 6.10 Å². The van der Waals surface area contributed by atoms with Crippen LogP contribution in [0.3, 0.4) is 0 Å². The van der Waals surface area contributed by atoms with Gasteiger partial charge in [-0.2, -0.15) is 0 Å². The topological polar surface area (TPSA) is 129 Å².